The molecule has 0 aromatic carbocycles. The van der Waals surface area contributed by atoms with Gasteiger partial charge in [-0.05, 0) is 0 Å². The minimum Gasteiger partial charge on any atom is -0.409 e. The number of rotatable bonds is 5. The standard InChI is InChI=1S/C6H13N3O3/c1-12-3-2-8-6(10)4-5(7)9-11/h11H,2-4H2,1H3,(H2,7,9)(H,8,10). The highest BCUT2D eigenvalue weighted by Gasteiger charge is 2.02. The zero-order chi connectivity index (χ0) is 9.40. The third-order valence-corrected chi connectivity index (χ3v) is 1.10. The van der Waals surface area contributed by atoms with Crippen molar-refractivity contribution in [1.82, 2.24) is 5.32 Å². The van der Waals surface area contributed by atoms with E-state index in [1.807, 2.05) is 0 Å². The zero-order valence-electron chi connectivity index (χ0n) is 6.91. The SMILES string of the molecule is COCCNC(=O)CC(N)=NO. The fourth-order valence-corrected chi connectivity index (χ4v) is 0.555. The van der Waals surface area contributed by atoms with E-state index in [0.717, 1.165) is 0 Å². The minimum absolute atomic E-state index is 0.0970. The van der Waals surface area contributed by atoms with Gasteiger partial charge in [-0.2, -0.15) is 0 Å². The molecule has 0 saturated carbocycles. The largest absolute Gasteiger partial charge is 0.409 e. The lowest BCUT2D eigenvalue weighted by atomic mass is 10.4. The van der Waals surface area contributed by atoms with Crippen molar-refractivity contribution in [3.63, 3.8) is 0 Å². The van der Waals surface area contributed by atoms with Crippen LogP contribution in [0, 0.1) is 0 Å². The van der Waals surface area contributed by atoms with Crippen LogP contribution in [-0.4, -0.2) is 37.2 Å². The van der Waals surface area contributed by atoms with Crippen LogP contribution in [0.1, 0.15) is 6.42 Å². The molecule has 0 rings (SSSR count). The second-order valence-corrected chi connectivity index (χ2v) is 2.11. The number of hydrogen-bond donors (Lipinski definition) is 3. The number of carbonyl (C=O) groups is 1. The number of nitrogens with one attached hydrogen (secondary N) is 1. The van der Waals surface area contributed by atoms with Gasteiger partial charge in [0.2, 0.25) is 5.91 Å². The second kappa shape index (κ2) is 6.41. The van der Waals surface area contributed by atoms with Crippen molar-refractivity contribution < 1.29 is 14.7 Å². The van der Waals surface area contributed by atoms with Gasteiger partial charge in [-0.1, -0.05) is 5.16 Å². The Balaban J connectivity index is 3.47. The smallest absolute Gasteiger partial charge is 0.227 e. The van der Waals surface area contributed by atoms with E-state index in [0.29, 0.717) is 13.2 Å². The number of nitrogens with two attached hydrogens (primary N) is 1. The lowest BCUT2D eigenvalue weighted by Crippen LogP contribution is -2.30. The van der Waals surface area contributed by atoms with Crippen LogP contribution in [0.25, 0.3) is 0 Å². The van der Waals surface area contributed by atoms with E-state index < -0.39 is 0 Å². The molecule has 0 heterocycles. The molecule has 0 unspecified atom stereocenters. The summed E-state index contributed by atoms with van der Waals surface area (Å²) in [5, 5.41) is 13.3. The summed E-state index contributed by atoms with van der Waals surface area (Å²) in [7, 11) is 1.54. The van der Waals surface area contributed by atoms with Crippen LogP contribution in [0.15, 0.2) is 5.16 Å². The number of amides is 1. The third-order valence-electron chi connectivity index (χ3n) is 1.10. The summed E-state index contributed by atoms with van der Waals surface area (Å²) in [6.07, 6.45) is -0.0970. The number of hydrogen-bond acceptors (Lipinski definition) is 4. The van der Waals surface area contributed by atoms with Gasteiger partial charge < -0.3 is 21.0 Å². The van der Waals surface area contributed by atoms with Gasteiger partial charge in [0.25, 0.3) is 0 Å². The summed E-state index contributed by atoms with van der Waals surface area (Å²) >= 11 is 0. The van der Waals surface area contributed by atoms with Crippen molar-refractivity contribution in [3.8, 4) is 0 Å². The first kappa shape index (κ1) is 10.7. The van der Waals surface area contributed by atoms with Crippen LogP contribution < -0.4 is 11.1 Å². The van der Waals surface area contributed by atoms with E-state index in [4.69, 9.17) is 15.7 Å². The number of carbonyl (C=O) groups excluding carboxylic acids is 1. The molecule has 6 nitrogen and oxygen atoms in total. The molecule has 0 atom stereocenters. The highest BCUT2D eigenvalue weighted by molar-refractivity contribution is 5.98. The normalized spacial score (nSPS) is 11.2. The first-order valence-electron chi connectivity index (χ1n) is 3.42. The highest BCUT2D eigenvalue weighted by atomic mass is 16.5. The molecule has 0 saturated heterocycles. The maximum absolute atomic E-state index is 10.8. The van der Waals surface area contributed by atoms with Gasteiger partial charge in [-0.15, -0.1) is 0 Å². The molecule has 70 valence electrons. The summed E-state index contributed by atoms with van der Waals surface area (Å²) in [6.45, 7) is 0.871. The molecule has 0 spiro atoms. The van der Waals surface area contributed by atoms with E-state index in [2.05, 4.69) is 10.5 Å². The third kappa shape index (κ3) is 5.48. The van der Waals surface area contributed by atoms with Crippen LogP contribution in [0.3, 0.4) is 0 Å². The Morgan fingerprint density at radius 2 is 2.42 bits per heavy atom. The maximum atomic E-state index is 10.8. The van der Waals surface area contributed by atoms with Crippen LogP contribution in [-0.2, 0) is 9.53 Å². The number of ether oxygens (including phenoxy) is 1. The molecular weight excluding hydrogens is 162 g/mol. The Hall–Kier alpha value is -1.30. The molecule has 6 heteroatoms. The van der Waals surface area contributed by atoms with Crippen molar-refractivity contribution in [2.75, 3.05) is 20.3 Å². The molecule has 0 aliphatic rings. The average molecular weight is 175 g/mol. The van der Waals surface area contributed by atoms with Gasteiger partial charge in [0.1, 0.15) is 5.84 Å². The molecule has 0 aliphatic heterocycles. The van der Waals surface area contributed by atoms with Gasteiger partial charge >= 0.3 is 0 Å². The van der Waals surface area contributed by atoms with E-state index in [1.54, 1.807) is 0 Å². The predicted molar refractivity (Wildman–Crippen MR) is 42.9 cm³/mol. The van der Waals surface area contributed by atoms with E-state index in [9.17, 15) is 4.79 Å². The van der Waals surface area contributed by atoms with Gasteiger partial charge in [0.15, 0.2) is 0 Å². The van der Waals surface area contributed by atoms with Gasteiger partial charge in [-0.25, -0.2) is 0 Å². The van der Waals surface area contributed by atoms with Crippen LogP contribution in [0.5, 0.6) is 0 Å². The quantitative estimate of drug-likeness (QED) is 0.162. The second-order valence-electron chi connectivity index (χ2n) is 2.11. The molecule has 0 bridgehead atoms. The Kier molecular flexibility index (Phi) is 5.72. The molecule has 0 aromatic heterocycles. The summed E-state index contributed by atoms with van der Waals surface area (Å²) in [6, 6.07) is 0. The monoisotopic (exact) mass is 175 g/mol. The Labute approximate surface area is 70.4 Å². The van der Waals surface area contributed by atoms with Crippen molar-refractivity contribution in [3.05, 3.63) is 0 Å². The van der Waals surface area contributed by atoms with E-state index >= 15 is 0 Å². The Bertz CT molecular complexity index is 169. The van der Waals surface area contributed by atoms with Crippen molar-refractivity contribution in [2.45, 2.75) is 6.42 Å². The van der Waals surface area contributed by atoms with Crippen LogP contribution >= 0.6 is 0 Å². The van der Waals surface area contributed by atoms with Crippen LogP contribution in [0.4, 0.5) is 0 Å². The molecule has 4 N–H and O–H groups in total. The number of amidine groups is 1. The average Bonchev–Trinajstić information content (AvgIpc) is 2.05. The van der Waals surface area contributed by atoms with Crippen molar-refractivity contribution in [2.24, 2.45) is 10.9 Å². The summed E-state index contributed by atoms with van der Waals surface area (Å²) in [5.41, 5.74) is 5.09. The number of nitrogens with zero attached hydrogens (tertiary/aromatic N) is 1. The molecule has 0 aliphatic carbocycles. The predicted octanol–water partition coefficient (Wildman–Crippen LogP) is -1.11. The first-order chi connectivity index (χ1) is 5.70. The Morgan fingerprint density at radius 3 is 2.92 bits per heavy atom. The Morgan fingerprint density at radius 1 is 1.75 bits per heavy atom. The fourth-order valence-electron chi connectivity index (χ4n) is 0.555. The lowest BCUT2D eigenvalue weighted by Gasteiger charge is -2.02. The molecule has 0 aromatic rings. The van der Waals surface area contributed by atoms with E-state index in [-0.39, 0.29) is 18.2 Å². The summed E-state index contributed by atoms with van der Waals surface area (Å²) < 4.78 is 4.70. The summed E-state index contributed by atoms with van der Waals surface area (Å²) in [4.78, 5) is 10.8. The van der Waals surface area contributed by atoms with Crippen LogP contribution in [0.2, 0.25) is 0 Å². The maximum Gasteiger partial charge on any atom is 0.227 e. The topological polar surface area (TPSA) is 96.9 Å². The van der Waals surface area contributed by atoms with Gasteiger partial charge in [-0.3, -0.25) is 4.79 Å². The molecular formula is C6H13N3O3. The highest BCUT2D eigenvalue weighted by Crippen LogP contribution is 1.79. The summed E-state index contributed by atoms with van der Waals surface area (Å²) in [5.74, 6) is -0.396. The molecule has 0 radical (unpaired) electrons. The van der Waals surface area contributed by atoms with Gasteiger partial charge in [0.05, 0.1) is 13.0 Å². The molecule has 12 heavy (non-hydrogen) atoms. The zero-order valence-corrected chi connectivity index (χ0v) is 6.91. The molecule has 1 amide bonds. The van der Waals surface area contributed by atoms with Crippen molar-refractivity contribution in [1.29, 1.82) is 0 Å². The fraction of sp³-hybridized carbons (Fsp3) is 0.667. The molecule has 0 fully saturated rings. The van der Waals surface area contributed by atoms with E-state index in [1.165, 1.54) is 7.11 Å². The van der Waals surface area contributed by atoms with Gasteiger partial charge in [0, 0.05) is 13.7 Å². The first-order valence-corrected chi connectivity index (χ1v) is 3.42. The van der Waals surface area contributed by atoms with Crippen molar-refractivity contribution >= 4 is 11.7 Å². The number of oxime groups is 1. The lowest BCUT2D eigenvalue weighted by molar-refractivity contribution is -0.120. The number of methoxy groups -OCH3 is 1. The minimum atomic E-state index is -0.289.